The summed E-state index contributed by atoms with van der Waals surface area (Å²) in [7, 11) is 0. The molecule has 19 heavy (non-hydrogen) atoms. The van der Waals surface area contributed by atoms with E-state index in [2.05, 4.69) is 0 Å². The summed E-state index contributed by atoms with van der Waals surface area (Å²) >= 11 is 0. The lowest BCUT2D eigenvalue weighted by molar-refractivity contribution is -0.211. The van der Waals surface area contributed by atoms with Crippen LogP contribution in [0, 0.1) is 0 Å². The van der Waals surface area contributed by atoms with Crippen LogP contribution in [0.2, 0.25) is 0 Å². The van der Waals surface area contributed by atoms with Crippen molar-refractivity contribution < 1.29 is 23.4 Å². The molecule has 5 heteroatoms. The number of aliphatic hydroxyl groups is 2. The number of fused-ring (bicyclic) bond motifs is 1. The predicted molar refractivity (Wildman–Crippen MR) is 65.6 cm³/mol. The molecule has 2 N–H and O–H groups in total. The minimum absolute atomic E-state index is 0.363. The molecule has 0 saturated heterocycles. The molecule has 2 aromatic carbocycles. The lowest BCUT2D eigenvalue weighted by atomic mass is 10.00. The molecule has 102 valence electrons. The highest BCUT2D eigenvalue weighted by Crippen LogP contribution is 2.29. The number of rotatable bonds is 3. The van der Waals surface area contributed by atoms with E-state index in [1.807, 2.05) is 24.3 Å². The number of aliphatic hydroxyl groups excluding tert-OH is 2. The smallest absolute Gasteiger partial charge is 0.388 e. The van der Waals surface area contributed by atoms with E-state index in [0.717, 1.165) is 10.8 Å². The number of halogens is 3. The lowest BCUT2D eigenvalue weighted by Gasteiger charge is -2.18. The number of alkyl halides is 3. The van der Waals surface area contributed by atoms with Crippen LogP contribution in [0.4, 0.5) is 13.2 Å². The van der Waals surface area contributed by atoms with Crippen molar-refractivity contribution in [2.24, 2.45) is 0 Å². The second-order valence-electron chi connectivity index (χ2n) is 4.42. The second-order valence-corrected chi connectivity index (χ2v) is 4.42. The zero-order valence-electron chi connectivity index (χ0n) is 9.93. The van der Waals surface area contributed by atoms with Crippen LogP contribution in [0.15, 0.2) is 42.5 Å². The molecule has 2 aromatic rings. The molecule has 0 aromatic heterocycles. The molecule has 2 unspecified atom stereocenters. The van der Waals surface area contributed by atoms with Crippen molar-refractivity contribution in [1.29, 1.82) is 0 Å². The average molecular weight is 270 g/mol. The Hall–Kier alpha value is -1.59. The summed E-state index contributed by atoms with van der Waals surface area (Å²) in [5.74, 6) is 0. The summed E-state index contributed by atoms with van der Waals surface area (Å²) < 4.78 is 36.7. The first-order chi connectivity index (χ1) is 8.88. The standard InChI is InChI=1S/C14H13F3O2/c15-14(16,17)13(19)8-12(18)11-6-5-9-3-1-2-4-10(9)7-11/h1-7,12-13,18-19H,8H2. The fraction of sp³-hybridized carbons (Fsp3) is 0.286. The van der Waals surface area contributed by atoms with E-state index in [1.54, 1.807) is 18.2 Å². The Balaban J connectivity index is 2.19. The summed E-state index contributed by atoms with van der Waals surface area (Å²) in [6.07, 6.45) is -9.34. The van der Waals surface area contributed by atoms with E-state index in [4.69, 9.17) is 5.11 Å². The molecule has 0 aliphatic carbocycles. The van der Waals surface area contributed by atoms with Gasteiger partial charge >= 0.3 is 6.18 Å². The molecule has 0 heterocycles. The van der Waals surface area contributed by atoms with Gasteiger partial charge in [0, 0.05) is 6.42 Å². The van der Waals surface area contributed by atoms with Gasteiger partial charge < -0.3 is 10.2 Å². The summed E-state index contributed by atoms with van der Waals surface area (Å²) in [6.45, 7) is 0. The molecular formula is C14H13F3O2. The Morgan fingerprint density at radius 2 is 1.58 bits per heavy atom. The van der Waals surface area contributed by atoms with Crippen LogP contribution in [0.5, 0.6) is 0 Å². The largest absolute Gasteiger partial charge is 0.414 e. The van der Waals surface area contributed by atoms with E-state index in [9.17, 15) is 18.3 Å². The van der Waals surface area contributed by atoms with Crippen molar-refractivity contribution in [1.82, 2.24) is 0 Å². The molecule has 0 saturated carbocycles. The van der Waals surface area contributed by atoms with Crippen molar-refractivity contribution in [2.75, 3.05) is 0 Å². The Labute approximate surface area is 108 Å². The maximum Gasteiger partial charge on any atom is 0.414 e. The Bertz CT molecular complexity index is 566. The van der Waals surface area contributed by atoms with E-state index < -0.39 is 24.8 Å². The van der Waals surface area contributed by atoms with E-state index >= 15 is 0 Å². The molecule has 0 radical (unpaired) electrons. The number of hydrogen-bond acceptors (Lipinski definition) is 2. The van der Waals surface area contributed by atoms with Gasteiger partial charge in [0.2, 0.25) is 0 Å². The average Bonchev–Trinajstić information content (AvgIpc) is 2.37. The zero-order chi connectivity index (χ0) is 14.0. The third-order valence-corrected chi connectivity index (χ3v) is 2.98. The Morgan fingerprint density at radius 1 is 0.947 bits per heavy atom. The first-order valence-electron chi connectivity index (χ1n) is 5.79. The van der Waals surface area contributed by atoms with Crippen molar-refractivity contribution in [3.63, 3.8) is 0 Å². The number of hydrogen-bond donors (Lipinski definition) is 2. The van der Waals surface area contributed by atoms with Crippen LogP contribution in [-0.4, -0.2) is 22.5 Å². The lowest BCUT2D eigenvalue weighted by Crippen LogP contribution is -2.30. The van der Waals surface area contributed by atoms with Crippen LogP contribution >= 0.6 is 0 Å². The van der Waals surface area contributed by atoms with Crippen LogP contribution in [0.25, 0.3) is 10.8 Å². The third kappa shape index (κ3) is 3.24. The zero-order valence-corrected chi connectivity index (χ0v) is 9.93. The topological polar surface area (TPSA) is 40.5 Å². The fourth-order valence-corrected chi connectivity index (χ4v) is 1.90. The predicted octanol–water partition coefficient (Wildman–Crippen LogP) is 3.19. The number of benzene rings is 2. The van der Waals surface area contributed by atoms with Gasteiger partial charge in [-0.3, -0.25) is 0 Å². The Kier molecular flexibility index (Phi) is 3.78. The van der Waals surface area contributed by atoms with Gasteiger partial charge in [0.15, 0.2) is 6.10 Å². The van der Waals surface area contributed by atoms with Crippen LogP contribution in [0.1, 0.15) is 18.1 Å². The molecule has 0 fully saturated rings. The maximum absolute atomic E-state index is 12.2. The van der Waals surface area contributed by atoms with E-state index in [-0.39, 0.29) is 0 Å². The maximum atomic E-state index is 12.2. The minimum Gasteiger partial charge on any atom is -0.388 e. The molecule has 0 amide bonds. The molecule has 2 atom stereocenters. The van der Waals surface area contributed by atoms with Crippen LogP contribution in [-0.2, 0) is 0 Å². The molecule has 0 aliphatic heterocycles. The summed E-state index contributed by atoms with van der Waals surface area (Å²) in [5.41, 5.74) is 0.363. The molecule has 0 spiro atoms. The van der Waals surface area contributed by atoms with Gasteiger partial charge in [-0.25, -0.2) is 0 Å². The van der Waals surface area contributed by atoms with E-state index in [0.29, 0.717) is 5.56 Å². The monoisotopic (exact) mass is 270 g/mol. The SMILES string of the molecule is OC(CC(O)C(F)(F)F)c1ccc2ccccc2c1. The second kappa shape index (κ2) is 5.19. The minimum atomic E-state index is -4.71. The van der Waals surface area contributed by atoms with Gasteiger partial charge in [-0.2, -0.15) is 13.2 Å². The Morgan fingerprint density at radius 3 is 2.21 bits per heavy atom. The normalized spacial score (nSPS) is 15.4. The fourth-order valence-electron chi connectivity index (χ4n) is 1.90. The quantitative estimate of drug-likeness (QED) is 0.899. The van der Waals surface area contributed by atoms with Crippen molar-refractivity contribution in [3.8, 4) is 0 Å². The molecule has 2 nitrogen and oxygen atoms in total. The molecule has 2 rings (SSSR count). The van der Waals surface area contributed by atoms with Gasteiger partial charge in [-0.1, -0.05) is 36.4 Å². The van der Waals surface area contributed by atoms with Gasteiger partial charge in [0.25, 0.3) is 0 Å². The highest BCUT2D eigenvalue weighted by atomic mass is 19.4. The van der Waals surface area contributed by atoms with E-state index in [1.165, 1.54) is 0 Å². The first kappa shape index (κ1) is 13.8. The van der Waals surface area contributed by atoms with Crippen molar-refractivity contribution in [2.45, 2.75) is 24.8 Å². The molecule has 0 bridgehead atoms. The summed E-state index contributed by atoms with van der Waals surface area (Å²) in [4.78, 5) is 0. The van der Waals surface area contributed by atoms with Gasteiger partial charge in [-0.05, 0) is 22.4 Å². The summed E-state index contributed by atoms with van der Waals surface area (Å²) in [5, 5.41) is 20.5. The van der Waals surface area contributed by atoms with Crippen molar-refractivity contribution in [3.05, 3.63) is 48.0 Å². The van der Waals surface area contributed by atoms with Crippen LogP contribution in [0.3, 0.4) is 0 Å². The third-order valence-electron chi connectivity index (χ3n) is 2.98. The van der Waals surface area contributed by atoms with Gasteiger partial charge in [0.1, 0.15) is 0 Å². The van der Waals surface area contributed by atoms with Gasteiger partial charge in [-0.15, -0.1) is 0 Å². The first-order valence-corrected chi connectivity index (χ1v) is 5.79. The van der Waals surface area contributed by atoms with Gasteiger partial charge in [0.05, 0.1) is 6.10 Å². The molecular weight excluding hydrogens is 257 g/mol. The highest BCUT2D eigenvalue weighted by Gasteiger charge is 2.39. The van der Waals surface area contributed by atoms with Crippen LogP contribution < -0.4 is 0 Å². The van der Waals surface area contributed by atoms with Crippen molar-refractivity contribution >= 4 is 10.8 Å². The highest BCUT2D eigenvalue weighted by molar-refractivity contribution is 5.83. The molecule has 0 aliphatic rings. The summed E-state index contributed by atoms with van der Waals surface area (Å²) in [6, 6.07) is 12.3.